The molecule has 1 aliphatic rings. The molecule has 0 heterocycles. The Bertz CT molecular complexity index is 923. The number of para-hydroxylation sites is 1. The highest BCUT2D eigenvalue weighted by Gasteiger charge is 2.20. The smallest absolute Gasteiger partial charge is 0.251 e. The number of hydrogen-bond donors (Lipinski definition) is 3. The highest BCUT2D eigenvalue weighted by molar-refractivity contribution is 5.94. The third-order valence-corrected chi connectivity index (χ3v) is 5.49. The summed E-state index contributed by atoms with van der Waals surface area (Å²) in [6.07, 6.45) is 4.85. The summed E-state index contributed by atoms with van der Waals surface area (Å²) in [6.45, 7) is 3.80. The van der Waals surface area contributed by atoms with Gasteiger partial charge in [0.25, 0.3) is 5.91 Å². The number of aliphatic imine (C=N–C) groups is 1. The predicted molar refractivity (Wildman–Crippen MR) is 127 cm³/mol. The summed E-state index contributed by atoms with van der Waals surface area (Å²) in [4.78, 5) is 16.6. The fourth-order valence-electron chi connectivity index (χ4n) is 3.81. The molecule has 2 aromatic carbocycles. The lowest BCUT2D eigenvalue weighted by molar-refractivity contribution is 0.0963. The summed E-state index contributed by atoms with van der Waals surface area (Å²) in [5.74, 6) is 2.16. The Hall–Kier alpha value is -3.22. The fraction of sp³-hybridized carbons (Fsp3) is 0.440. The normalized spacial score (nSPS) is 14.2. The Kier molecular flexibility index (Phi) is 8.78. The van der Waals surface area contributed by atoms with Crippen LogP contribution in [0.4, 0.5) is 0 Å². The van der Waals surface area contributed by atoms with Crippen LogP contribution in [0.1, 0.15) is 54.1 Å². The molecule has 0 spiro atoms. The number of rotatable bonds is 9. The summed E-state index contributed by atoms with van der Waals surface area (Å²) < 4.78 is 11.9. The van der Waals surface area contributed by atoms with E-state index in [-0.39, 0.29) is 12.0 Å². The Morgan fingerprint density at radius 2 is 1.91 bits per heavy atom. The lowest BCUT2D eigenvalue weighted by Crippen LogP contribution is -2.37. The van der Waals surface area contributed by atoms with Crippen LogP contribution in [0, 0.1) is 0 Å². The molecule has 7 nitrogen and oxygen atoms in total. The monoisotopic (exact) mass is 438 g/mol. The van der Waals surface area contributed by atoms with Gasteiger partial charge in [0.15, 0.2) is 17.5 Å². The number of guanidine groups is 1. The first kappa shape index (κ1) is 23.4. The third kappa shape index (κ3) is 6.39. The van der Waals surface area contributed by atoms with Crippen LogP contribution in [0.15, 0.2) is 47.5 Å². The van der Waals surface area contributed by atoms with Crippen molar-refractivity contribution in [3.05, 3.63) is 59.2 Å². The molecule has 1 saturated carbocycles. The Morgan fingerprint density at radius 3 is 2.62 bits per heavy atom. The van der Waals surface area contributed by atoms with Gasteiger partial charge in [-0.15, -0.1) is 0 Å². The zero-order valence-corrected chi connectivity index (χ0v) is 19.2. The van der Waals surface area contributed by atoms with E-state index in [2.05, 4.69) is 22.0 Å². The summed E-state index contributed by atoms with van der Waals surface area (Å²) in [7, 11) is 3.30. The van der Waals surface area contributed by atoms with Crippen LogP contribution < -0.4 is 25.4 Å². The van der Waals surface area contributed by atoms with Gasteiger partial charge in [-0.05, 0) is 56.4 Å². The van der Waals surface area contributed by atoms with Gasteiger partial charge >= 0.3 is 0 Å². The highest BCUT2D eigenvalue weighted by Crippen LogP contribution is 2.34. The van der Waals surface area contributed by atoms with Crippen molar-refractivity contribution < 1.29 is 14.3 Å². The van der Waals surface area contributed by atoms with E-state index in [1.54, 1.807) is 20.2 Å². The van der Waals surface area contributed by atoms with Crippen molar-refractivity contribution >= 4 is 11.9 Å². The maximum atomic E-state index is 11.9. The van der Waals surface area contributed by atoms with Gasteiger partial charge in [0, 0.05) is 31.3 Å². The predicted octanol–water partition coefficient (Wildman–Crippen LogP) is 3.63. The summed E-state index contributed by atoms with van der Waals surface area (Å²) in [5, 5.41) is 9.33. The minimum Gasteiger partial charge on any atom is -0.493 e. The average molecular weight is 439 g/mol. The van der Waals surface area contributed by atoms with Gasteiger partial charge in [0.2, 0.25) is 0 Å². The Balaban J connectivity index is 1.71. The lowest BCUT2D eigenvalue weighted by atomic mass is 10.1. The largest absolute Gasteiger partial charge is 0.493 e. The molecule has 0 aliphatic heterocycles. The first-order chi connectivity index (χ1) is 15.6. The second kappa shape index (κ2) is 12.0. The van der Waals surface area contributed by atoms with E-state index >= 15 is 0 Å². The second-order valence-corrected chi connectivity index (χ2v) is 7.80. The van der Waals surface area contributed by atoms with Crippen LogP contribution in [0.5, 0.6) is 11.5 Å². The molecule has 1 aliphatic carbocycles. The maximum absolute atomic E-state index is 11.9. The zero-order valence-electron chi connectivity index (χ0n) is 19.2. The minimum atomic E-state index is -0.103. The second-order valence-electron chi connectivity index (χ2n) is 7.80. The first-order valence-electron chi connectivity index (χ1n) is 11.3. The molecule has 2 aromatic rings. The molecule has 1 amide bonds. The van der Waals surface area contributed by atoms with E-state index in [0.717, 1.165) is 42.0 Å². The minimum absolute atomic E-state index is 0.103. The van der Waals surface area contributed by atoms with Crippen LogP contribution in [0.2, 0.25) is 0 Å². The van der Waals surface area contributed by atoms with Crippen LogP contribution in [-0.2, 0) is 13.1 Å². The number of carbonyl (C=O) groups excluding carboxylic acids is 1. The molecule has 0 bridgehead atoms. The fourth-order valence-corrected chi connectivity index (χ4v) is 3.81. The highest BCUT2D eigenvalue weighted by atomic mass is 16.5. The summed E-state index contributed by atoms with van der Waals surface area (Å²) in [5.41, 5.74) is 2.63. The van der Waals surface area contributed by atoms with Crippen LogP contribution in [-0.4, -0.2) is 38.7 Å². The van der Waals surface area contributed by atoms with Crippen LogP contribution in [0.3, 0.4) is 0 Å². The molecule has 0 unspecified atom stereocenters. The summed E-state index contributed by atoms with van der Waals surface area (Å²) >= 11 is 0. The third-order valence-electron chi connectivity index (χ3n) is 5.49. The van der Waals surface area contributed by atoms with Crippen molar-refractivity contribution in [2.45, 2.75) is 51.8 Å². The van der Waals surface area contributed by atoms with Crippen molar-refractivity contribution in [1.82, 2.24) is 16.0 Å². The number of amides is 1. The van der Waals surface area contributed by atoms with Gasteiger partial charge in [-0.1, -0.05) is 24.3 Å². The van der Waals surface area contributed by atoms with Gasteiger partial charge in [-0.2, -0.15) is 0 Å². The van der Waals surface area contributed by atoms with E-state index < -0.39 is 0 Å². The molecule has 32 heavy (non-hydrogen) atoms. The molecule has 3 N–H and O–H groups in total. The van der Waals surface area contributed by atoms with Gasteiger partial charge in [0.1, 0.15) is 0 Å². The molecule has 172 valence electrons. The van der Waals surface area contributed by atoms with Crippen molar-refractivity contribution in [2.75, 3.05) is 20.7 Å². The molecule has 0 saturated heterocycles. The number of benzene rings is 2. The molecule has 0 aromatic heterocycles. The number of ether oxygens (including phenoxy) is 2. The lowest BCUT2D eigenvalue weighted by Gasteiger charge is -2.20. The van der Waals surface area contributed by atoms with Crippen molar-refractivity contribution in [2.24, 2.45) is 4.99 Å². The van der Waals surface area contributed by atoms with Crippen molar-refractivity contribution in [1.29, 1.82) is 0 Å². The standard InChI is InChI=1S/C25H34N4O3/c1-4-27-25(28-16-18-9-7-10-19(15-18)24(30)26-2)29-17-20-11-8-14-22(31-3)23(20)32-21-12-5-6-13-21/h7-11,14-15,21H,4-6,12-13,16-17H2,1-3H3,(H,26,30)(H2,27,28,29). The van der Waals surface area contributed by atoms with E-state index in [1.165, 1.54) is 12.8 Å². The van der Waals surface area contributed by atoms with Crippen molar-refractivity contribution in [3.8, 4) is 11.5 Å². The number of carbonyl (C=O) groups is 1. The molecule has 3 rings (SSSR count). The van der Waals surface area contributed by atoms with E-state index in [4.69, 9.17) is 14.5 Å². The van der Waals surface area contributed by atoms with E-state index in [9.17, 15) is 4.79 Å². The molecule has 7 heteroatoms. The van der Waals surface area contributed by atoms with Gasteiger partial charge in [-0.25, -0.2) is 4.99 Å². The SMILES string of the molecule is CCNC(=NCc1cccc(C(=O)NC)c1)NCc1cccc(OC)c1OC1CCCC1. The quantitative estimate of drug-likeness (QED) is 0.411. The topological polar surface area (TPSA) is 84.0 Å². The van der Waals surface area contributed by atoms with Crippen molar-refractivity contribution in [3.63, 3.8) is 0 Å². The average Bonchev–Trinajstić information content (AvgIpc) is 3.34. The molecule has 0 radical (unpaired) electrons. The number of nitrogens with zero attached hydrogens (tertiary/aromatic N) is 1. The Labute approximate surface area is 190 Å². The van der Waals surface area contributed by atoms with E-state index in [0.29, 0.717) is 24.6 Å². The maximum Gasteiger partial charge on any atom is 0.251 e. The van der Waals surface area contributed by atoms with Crippen LogP contribution >= 0.6 is 0 Å². The number of nitrogens with one attached hydrogen (secondary N) is 3. The molecule has 1 fully saturated rings. The first-order valence-corrected chi connectivity index (χ1v) is 11.3. The van der Waals surface area contributed by atoms with Gasteiger partial charge in [-0.3, -0.25) is 4.79 Å². The molecule has 0 atom stereocenters. The van der Waals surface area contributed by atoms with Gasteiger partial charge < -0.3 is 25.4 Å². The number of methoxy groups -OCH3 is 1. The molecular weight excluding hydrogens is 404 g/mol. The Morgan fingerprint density at radius 1 is 1.12 bits per heavy atom. The van der Waals surface area contributed by atoms with Crippen LogP contribution in [0.25, 0.3) is 0 Å². The number of hydrogen-bond acceptors (Lipinski definition) is 4. The summed E-state index contributed by atoms with van der Waals surface area (Å²) in [6, 6.07) is 13.5. The molecular formula is C25H34N4O3. The van der Waals surface area contributed by atoms with E-state index in [1.807, 2.05) is 37.3 Å². The zero-order chi connectivity index (χ0) is 22.8. The van der Waals surface area contributed by atoms with Gasteiger partial charge in [0.05, 0.1) is 19.8 Å².